The number of hydrogen-bond donors (Lipinski definition) is 1. The predicted molar refractivity (Wildman–Crippen MR) is 85.9 cm³/mol. The van der Waals surface area contributed by atoms with Gasteiger partial charge in [-0.1, -0.05) is 36.4 Å². The Morgan fingerprint density at radius 3 is 2.81 bits per heavy atom. The van der Waals surface area contributed by atoms with Gasteiger partial charge in [0.15, 0.2) is 0 Å². The summed E-state index contributed by atoms with van der Waals surface area (Å²) in [4.78, 5) is 4.03. The summed E-state index contributed by atoms with van der Waals surface area (Å²) in [6, 6.07) is 12.6. The Kier molecular flexibility index (Phi) is 4.77. The molecule has 3 rings (SSSR count). The molecule has 108 valence electrons. The third-order valence-electron chi connectivity index (χ3n) is 3.59. The summed E-state index contributed by atoms with van der Waals surface area (Å²) in [5.41, 5.74) is 3.70. The van der Waals surface area contributed by atoms with Crippen LogP contribution in [0.4, 0.5) is 0 Å². The largest absolute Gasteiger partial charge is 0.375 e. The molecular weight excluding hydrogens is 260 g/mol. The number of morpholine rings is 1. The van der Waals surface area contributed by atoms with Gasteiger partial charge in [0.2, 0.25) is 0 Å². The van der Waals surface area contributed by atoms with E-state index in [4.69, 9.17) is 4.74 Å². The molecule has 0 spiro atoms. The summed E-state index contributed by atoms with van der Waals surface area (Å²) in [5.74, 6) is 0. The Labute approximate surface area is 125 Å². The highest BCUT2D eigenvalue weighted by Gasteiger charge is 2.13. The Morgan fingerprint density at radius 1 is 1.14 bits per heavy atom. The number of ether oxygens (including phenoxy) is 1. The lowest BCUT2D eigenvalue weighted by Crippen LogP contribution is -2.39. The maximum atomic E-state index is 5.76. The first kappa shape index (κ1) is 14.0. The highest BCUT2D eigenvalue weighted by Crippen LogP contribution is 2.13. The summed E-state index contributed by atoms with van der Waals surface area (Å²) in [5, 5.41) is 3.37. The number of aromatic nitrogens is 1. The number of rotatable bonds is 4. The summed E-state index contributed by atoms with van der Waals surface area (Å²) < 4.78 is 5.76. The van der Waals surface area contributed by atoms with Crippen LogP contribution in [0, 0.1) is 0 Å². The molecule has 1 fully saturated rings. The lowest BCUT2D eigenvalue weighted by Gasteiger charge is -2.23. The Hall–Kier alpha value is -1.97. The number of nitrogens with zero attached hydrogens (tertiary/aromatic N) is 1. The summed E-state index contributed by atoms with van der Waals surface area (Å²) in [6.45, 7) is 2.72. The molecule has 2 heterocycles. The van der Waals surface area contributed by atoms with Gasteiger partial charge in [0.05, 0.1) is 12.7 Å². The molecule has 1 aliphatic heterocycles. The lowest BCUT2D eigenvalue weighted by atomic mass is 10.0. The molecule has 0 amide bonds. The zero-order chi connectivity index (χ0) is 14.3. The zero-order valence-electron chi connectivity index (χ0n) is 12.0. The van der Waals surface area contributed by atoms with E-state index in [9.17, 15) is 0 Å². The van der Waals surface area contributed by atoms with E-state index in [1.165, 1.54) is 11.1 Å². The summed E-state index contributed by atoms with van der Waals surface area (Å²) in [7, 11) is 0. The molecular formula is C18H20N2O. The minimum Gasteiger partial charge on any atom is -0.375 e. The zero-order valence-corrected chi connectivity index (χ0v) is 12.0. The van der Waals surface area contributed by atoms with Crippen LogP contribution in [0.1, 0.15) is 16.7 Å². The minimum atomic E-state index is 0.290. The van der Waals surface area contributed by atoms with Crippen molar-refractivity contribution in [3.8, 4) is 0 Å². The van der Waals surface area contributed by atoms with Crippen LogP contribution in [0.2, 0.25) is 0 Å². The summed E-state index contributed by atoms with van der Waals surface area (Å²) in [6.07, 6.45) is 9.12. The average Bonchev–Trinajstić information content (AvgIpc) is 2.55. The molecule has 1 N–H and O–H groups in total. The SMILES string of the molecule is C(=Cc1cccc(CC2CNCCO2)c1)c1ccncc1. The van der Waals surface area contributed by atoms with Crippen molar-refractivity contribution in [3.63, 3.8) is 0 Å². The van der Waals surface area contributed by atoms with Gasteiger partial charge in [-0.05, 0) is 35.2 Å². The van der Waals surface area contributed by atoms with Crippen molar-refractivity contribution < 1.29 is 4.74 Å². The highest BCUT2D eigenvalue weighted by atomic mass is 16.5. The monoisotopic (exact) mass is 280 g/mol. The van der Waals surface area contributed by atoms with Crippen LogP contribution in [-0.4, -0.2) is 30.8 Å². The second-order valence-electron chi connectivity index (χ2n) is 5.26. The van der Waals surface area contributed by atoms with Gasteiger partial charge in [-0.2, -0.15) is 0 Å². The van der Waals surface area contributed by atoms with Crippen molar-refractivity contribution in [1.29, 1.82) is 0 Å². The molecule has 0 aliphatic carbocycles. The van der Waals surface area contributed by atoms with Gasteiger partial charge in [-0.25, -0.2) is 0 Å². The van der Waals surface area contributed by atoms with E-state index in [0.717, 1.165) is 31.7 Å². The predicted octanol–water partition coefficient (Wildman–Crippen LogP) is 2.78. The molecule has 3 heteroatoms. The first-order chi connectivity index (χ1) is 10.4. The number of pyridine rings is 1. The van der Waals surface area contributed by atoms with E-state index in [1.54, 1.807) is 0 Å². The van der Waals surface area contributed by atoms with Gasteiger partial charge >= 0.3 is 0 Å². The molecule has 1 aromatic carbocycles. The quantitative estimate of drug-likeness (QED) is 0.935. The molecule has 3 nitrogen and oxygen atoms in total. The van der Waals surface area contributed by atoms with Gasteiger partial charge in [-0.15, -0.1) is 0 Å². The minimum absolute atomic E-state index is 0.290. The van der Waals surface area contributed by atoms with Crippen molar-refractivity contribution in [1.82, 2.24) is 10.3 Å². The van der Waals surface area contributed by atoms with E-state index >= 15 is 0 Å². The average molecular weight is 280 g/mol. The van der Waals surface area contributed by atoms with Crippen molar-refractivity contribution >= 4 is 12.2 Å². The van der Waals surface area contributed by atoms with E-state index < -0.39 is 0 Å². The molecule has 0 saturated carbocycles. The fraction of sp³-hybridized carbons (Fsp3) is 0.278. The standard InChI is InChI=1S/C18H20N2O/c1-2-16(5-4-15-6-8-19-9-7-15)12-17(3-1)13-18-14-20-10-11-21-18/h1-9,12,18,20H,10-11,13-14H2. The van der Waals surface area contributed by atoms with Gasteiger partial charge in [-0.3, -0.25) is 4.98 Å². The number of benzene rings is 1. The number of nitrogens with one attached hydrogen (secondary N) is 1. The van der Waals surface area contributed by atoms with Crippen LogP contribution in [0.15, 0.2) is 48.8 Å². The van der Waals surface area contributed by atoms with Gasteiger partial charge in [0, 0.05) is 25.5 Å². The van der Waals surface area contributed by atoms with Crippen LogP contribution in [-0.2, 0) is 11.2 Å². The van der Waals surface area contributed by atoms with Crippen LogP contribution in [0.5, 0.6) is 0 Å². The van der Waals surface area contributed by atoms with Crippen LogP contribution in [0.25, 0.3) is 12.2 Å². The molecule has 0 radical (unpaired) electrons. The smallest absolute Gasteiger partial charge is 0.0740 e. The van der Waals surface area contributed by atoms with Crippen molar-refractivity contribution in [2.24, 2.45) is 0 Å². The van der Waals surface area contributed by atoms with Crippen molar-refractivity contribution in [2.75, 3.05) is 19.7 Å². The first-order valence-corrected chi connectivity index (χ1v) is 7.39. The fourth-order valence-corrected chi connectivity index (χ4v) is 2.50. The third-order valence-corrected chi connectivity index (χ3v) is 3.59. The fourth-order valence-electron chi connectivity index (χ4n) is 2.50. The maximum absolute atomic E-state index is 5.76. The molecule has 1 aromatic heterocycles. The summed E-state index contributed by atoms with van der Waals surface area (Å²) >= 11 is 0. The van der Waals surface area contributed by atoms with Crippen LogP contribution < -0.4 is 5.32 Å². The van der Waals surface area contributed by atoms with E-state index in [2.05, 4.69) is 46.7 Å². The molecule has 1 aliphatic rings. The Bertz CT molecular complexity index is 589. The van der Waals surface area contributed by atoms with Crippen LogP contribution >= 0.6 is 0 Å². The van der Waals surface area contributed by atoms with E-state index in [-0.39, 0.29) is 6.10 Å². The molecule has 2 aromatic rings. The number of hydrogen-bond acceptors (Lipinski definition) is 3. The second kappa shape index (κ2) is 7.16. The van der Waals surface area contributed by atoms with Crippen molar-refractivity contribution in [3.05, 3.63) is 65.5 Å². The van der Waals surface area contributed by atoms with E-state index in [0.29, 0.717) is 0 Å². The molecule has 1 atom stereocenters. The molecule has 0 bridgehead atoms. The Balaban J connectivity index is 1.66. The second-order valence-corrected chi connectivity index (χ2v) is 5.26. The third kappa shape index (κ3) is 4.25. The lowest BCUT2D eigenvalue weighted by molar-refractivity contribution is 0.0292. The Morgan fingerprint density at radius 2 is 2.00 bits per heavy atom. The normalized spacial score (nSPS) is 19.0. The molecule has 1 saturated heterocycles. The van der Waals surface area contributed by atoms with Crippen LogP contribution in [0.3, 0.4) is 0 Å². The first-order valence-electron chi connectivity index (χ1n) is 7.39. The topological polar surface area (TPSA) is 34.1 Å². The molecule has 1 unspecified atom stereocenters. The van der Waals surface area contributed by atoms with Gasteiger partial charge in [0.1, 0.15) is 0 Å². The van der Waals surface area contributed by atoms with Gasteiger partial charge < -0.3 is 10.1 Å². The highest BCUT2D eigenvalue weighted by molar-refractivity contribution is 5.69. The molecule has 21 heavy (non-hydrogen) atoms. The van der Waals surface area contributed by atoms with Gasteiger partial charge in [0.25, 0.3) is 0 Å². The van der Waals surface area contributed by atoms with E-state index in [1.807, 2.05) is 24.5 Å². The maximum Gasteiger partial charge on any atom is 0.0740 e. The van der Waals surface area contributed by atoms with Crippen molar-refractivity contribution in [2.45, 2.75) is 12.5 Å².